The molecule has 1 aromatic carbocycles. The first kappa shape index (κ1) is 12.2. The molecule has 4 unspecified atom stereocenters. The average molecular weight is 243 g/mol. The maximum Gasteiger partial charge on any atom is 0.0294 e. The topological polar surface area (TPSA) is 12.0 Å². The molecule has 1 heteroatoms. The van der Waals surface area contributed by atoms with Crippen molar-refractivity contribution in [3.05, 3.63) is 35.4 Å². The molecular formula is C17H25N. The van der Waals surface area contributed by atoms with Crippen LogP contribution in [-0.4, -0.2) is 6.54 Å². The van der Waals surface area contributed by atoms with Crippen molar-refractivity contribution in [2.75, 3.05) is 6.54 Å². The second-order valence-corrected chi connectivity index (χ2v) is 6.42. The summed E-state index contributed by atoms with van der Waals surface area (Å²) < 4.78 is 0. The van der Waals surface area contributed by atoms with Gasteiger partial charge in [-0.05, 0) is 68.5 Å². The predicted molar refractivity (Wildman–Crippen MR) is 76.5 cm³/mol. The van der Waals surface area contributed by atoms with Crippen molar-refractivity contribution in [3.8, 4) is 0 Å². The molecule has 3 rings (SSSR count). The van der Waals surface area contributed by atoms with Crippen LogP contribution in [0, 0.1) is 24.7 Å². The van der Waals surface area contributed by atoms with Crippen LogP contribution in [0.1, 0.15) is 49.8 Å². The van der Waals surface area contributed by atoms with Crippen LogP contribution >= 0.6 is 0 Å². The predicted octanol–water partition coefficient (Wildman–Crippen LogP) is 4.08. The Morgan fingerprint density at radius 1 is 1.22 bits per heavy atom. The molecule has 2 aliphatic carbocycles. The van der Waals surface area contributed by atoms with E-state index in [1.165, 1.54) is 43.4 Å². The fourth-order valence-corrected chi connectivity index (χ4v) is 4.14. The highest BCUT2D eigenvalue weighted by atomic mass is 14.9. The highest BCUT2D eigenvalue weighted by Crippen LogP contribution is 2.48. The summed E-state index contributed by atoms with van der Waals surface area (Å²) in [5.41, 5.74) is 2.87. The highest BCUT2D eigenvalue weighted by Gasteiger charge is 2.39. The Bertz CT molecular complexity index is 412. The van der Waals surface area contributed by atoms with Gasteiger partial charge in [0.1, 0.15) is 0 Å². The van der Waals surface area contributed by atoms with E-state index in [0.717, 1.165) is 17.8 Å². The second-order valence-electron chi connectivity index (χ2n) is 6.42. The van der Waals surface area contributed by atoms with Gasteiger partial charge in [0, 0.05) is 6.04 Å². The fraction of sp³-hybridized carbons (Fsp3) is 0.647. The molecule has 0 radical (unpaired) electrons. The Balaban J connectivity index is 1.56. The van der Waals surface area contributed by atoms with E-state index in [4.69, 9.17) is 0 Å². The lowest BCUT2D eigenvalue weighted by molar-refractivity contribution is 0.309. The maximum absolute atomic E-state index is 3.77. The maximum atomic E-state index is 3.77. The molecule has 4 atom stereocenters. The zero-order chi connectivity index (χ0) is 12.5. The lowest BCUT2D eigenvalue weighted by atomic mass is 9.88. The van der Waals surface area contributed by atoms with Crippen molar-refractivity contribution in [2.45, 2.75) is 45.6 Å². The van der Waals surface area contributed by atoms with Gasteiger partial charge in [-0.1, -0.05) is 30.7 Å². The van der Waals surface area contributed by atoms with Gasteiger partial charge in [0.15, 0.2) is 0 Å². The molecule has 1 N–H and O–H groups in total. The first-order valence-corrected chi connectivity index (χ1v) is 7.53. The number of fused-ring (bicyclic) bond motifs is 2. The molecule has 18 heavy (non-hydrogen) atoms. The third-order valence-electron chi connectivity index (χ3n) is 5.23. The van der Waals surface area contributed by atoms with Crippen molar-refractivity contribution >= 4 is 0 Å². The summed E-state index contributed by atoms with van der Waals surface area (Å²) >= 11 is 0. The van der Waals surface area contributed by atoms with Gasteiger partial charge in [-0.15, -0.1) is 0 Å². The standard InChI is InChI=1S/C17H25N/c1-12-5-3-4-6-17(12)13(2)18-11-16-10-14-7-8-15(16)9-14/h3-6,13-16,18H,7-11H2,1-2H3. The van der Waals surface area contributed by atoms with Crippen LogP contribution in [-0.2, 0) is 0 Å². The summed E-state index contributed by atoms with van der Waals surface area (Å²) in [6.45, 7) is 5.73. The summed E-state index contributed by atoms with van der Waals surface area (Å²) in [6, 6.07) is 9.24. The van der Waals surface area contributed by atoms with Gasteiger partial charge < -0.3 is 5.32 Å². The zero-order valence-corrected chi connectivity index (χ0v) is 11.7. The van der Waals surface area contributed by atoms with Gasteiger partial charge in [0.05, 0.1) is 0 Å². The minimum absolute atomic E-state index is 0.491. The number of aryl methyl sites for hydroxylation is 1. The van der Waals surface area contributed by atoms with E-state index >= 15 is 0 Å². The van der Waals surface area contributed by atoms with Crippen molar-refractivity contribution in [3.63, 3.8) is 0 Å². The largest absolute Gasteiger partial charge is 0.310 e. The molecule has 0 aliphatic heterocycles. The SMILES string of the molecule is Cc1ccccc1C(C)NCC1CC2CCC1C2. The van der Waals surface area contributed by atoms with Gasteiger partial charge in [0.25, 0.3) is 0 Å². The molecule has 2 saturated carbocycles. The minimum atomic E-state index is 0.491. The Hall–Kier alpha value is -0.820. The Morgan fingerprint density at radius 2 is 2.06 bits per heavy atom. The van der Waals surface area contributed by atoms with E-state index in [1.807, 2.05) is 0 Å². The molecule has 2 fully saturated rings. The van der Waals surface area contributed by atoms with Gasteiger partial charge >= 0.3 is 0 Å². The molecule has 2 bridgehead atoms. The molecular weight excluding hydrogens is 218 g/mol. The monoisotopic (exact) mass is 243 g/mol. The molecule has 0 amide bonds. The average Bonchev–Trinajstić information content (AvgIpc) is 2.98. The van der Waals surface area contributed by atoms with Crippen LogP contribution in [0.3, 0.4) is 0 Å². The molecule has 0 aromatic heterocycles. The van der Waals surface area contributed by atoms with Gasteiger partial charge in [0.2, 0.25) is 0 Å². The van der Waals surface area contributed by atoms with Crippen LogP contribution in [0.4, 0.5) is 0 Å². The fourth-order valence-electron chi connectivity index (χ4n) is 4.14. The summed E-state index contributed by atoms with van der Waals surface area (Å²) in [4.78, 5) is 0. The van der Waals surface area contributed by atoms with Crippen molar-refractivity contribution in [1.29, 1.82) is 0 Å². The molecule has 1 nitrogen and oxygen atoms in total. The molecule has 98 valence electrons. The van der Waals surface area contributed by atoms with Crippen LogP contribution in [0.25, 0.3) is 0 Å². The van der Waals surface area contributed by atoms with Crippen LogP contribution in [0.15, 0.2) is 24.3 Å². The molecule has 0 saturated heterocycles. The van der Waals surface area contributed by atoms with E-state index < -0.39 is 0 Å². The third-order valence-corrected chi connectivity index (χ3v) is 5.23. The van der Waals surface area contributed by atoms with Crippen LogP contribution in [0.2, 0.25) is 0 Å². The van der Waals surface area contributed by atoms with E-state index in [-0.39, 0.29) is 0 Å². The first-order valence-electron chi connectivity index (χ1n) is 7.53. The van der Waals surface area contributed by atoms with Gasteiger partial charge in [-0.2, -0.15) is 0 Å². The number of hydrogen-bond donors (Lipinski definition) is 1. The summed E-state index contributed by atoms with van der Waals surface area (Å²) in [5.74, 6) is 3.05. The van der Waals surface area contributed by atoms with E-state index in [9.17, 15) is 0 Å². The molecule has 0 spiro atoms. The van der Waals surface area contributed by atoms with Crippen molar-refractivity contribution < 1.29 is 0 Å². The summed E-state index contributed by atoms with van der Waals surface area (Å²) in [5, 5.41) is 3.77. The highest BCUT2D eigenvalue weighted by molar-refractivity contribution is 5.28. The number of benzene rings is 1. The lowest BCUT2D eigenvalue weighted by Gasteiger charge is -2.25. The second kappa shape index (κ2) is 5.05. The number of rotatable bonds is 4. The summed E-state index contributed by atoms with van der Waals surface area (Å²) in [7, 11) is 0. The lowest BCUT2D eigenvalue weighted by Crippen LogP contribution is -2.29. The van der Waals surface area contributed by atoms with Crippen LogP contribution in [0.5, 0.6) is 0 Å². The van der Waals surface area contributed by atoms with Gasteiger partial charge in [-0.3, -0.25) is 0 Å². The normalized spacial score (nSPS) is 31.8. The van der Waals surface area contributed by atoms with E-state index in [1.54, 1.807) is 0 Å². The molecule has 0 heterocycles. The quantitative estimate of drug-likeness (QED) is 0.840. The summed E-state index contributed by atoms with van der Waals surface area (Å²) in [6.07, 6.45) is 6.01. The zero-order valence-electron chi connectivity index (χ0n) is 11.7. The smallest absolute Gasteiger partial charge is 0.0294 e. The Labute approximate surface area is 111 Å². The molecule has 1 aromatic rings. The third kappa shape index (κ3) is 2.33. The minimum Gasteiger partial charge on any atom is -0.310 e. The Kier molecular flexibility index (Phi) is 3.43. The van der Waals surface area contributed by atoms with Gasteiger partial charge in [-0.25, -0.2) is 0 Å². The number of hydrogen-bond acceptors (Lipinski definition) is 1. The van der Waals surface area contributed by atoms with E-state index in [2.05, 4.69) is 43.4 Å². The number of nitrogens with one attached hydrogen (secondary N) is 1. The van der Waals surface area contributed by atoms with Crippen LogP contribution < -0.4 is 5.32 Å². The molecule has 2 aliphatic rings. The van der Waals surface area contributed by atoms with Crippen molar-refractivity contribution in [1.82, 2.24) is 5.32 Å². The van der Waals surface area contributed by atoms with Crippen molar-refractivity contribution in [2.24, 2.45) is 17.8 Å². The first-order chi connectivity index (χ1) is 8.74. The Morgan fingerprint density at radius 3 is 2.72 bits per heavy atom. The van der Waals surface area contributed by atoms with E-state index in [0.29, 0.717) is 6.04 Å².